The molecule has 0 amide bonds. The predicted molar refractivity (Wildman–Crippen MR) is 52.0 cm³/mol. The summed E-state index contributed by atoms with van der Waals surface area (Å²) in [4.78, 5) is 10.4. The van der Waals surface area contributed by atoms with Gasteiger partial charge in [-0.15, -0.1) is 0 Å². The van der Waals surface area contributed by atoms with Crippen LogP contribution in [0, 0.1) is 0 Å². The second kappa shape index (κ2) is 5.62. The van der Waals surface area contributed by atoms with Gasteiger partial charge in [0.1, 0.15) is 0 Å². The van der Waals surface area contributed by atoms with Crippen molar-refractivity contribution in [3.05, 3.63) is 25.2 Å². The lowest BCUT2D eigenvalue weighted by atomic mass is 10.2. The van der Waals surface area contributed by atoms with Crippen molar-refractivity contribution in [1.82, 2.24) is 0 Å². The van der Waals surface area contributed by atoms with E-state index in [-0.39, 0.29) is 6.92 Å². The number of hydrogen-bond acceptors (Lipinski definition) is 3. The molecule has 0 aliphatic rings. The van der Waals surface area contributed by atoms with Crippen LogP contribution in [0.3, 0.4) is 0 Å². The topological polar surface area (TPSA) is 35.5 Å². The maximum atomic E-state index is 13.6. The lowest BCUT2D eigenvalue weighted by Crippen LogP contribution is -2.57. The molecule has 0 spiro atoms. The molecule has 0 rings (SSSR count). The molecule has 0 saturated heterocycles. The molecular weight excluding hydrogens is 320 g/mol. The number of rotatable bonds is 8. The molecule has 1 atom stereocenters. The van der Waals surface area contributed by atoms with Crippen molar-refractivity contribution in [2.24, 2.45) is 0 Å². The van der Waals surface area contributed by atoms with E-state index in [1.807, 2.05) is 0 Å². The van der Waals surface area contributed by atoms with E-state index in [2.05, 4.69) is 22.6 Å². The highest BCUT2D eigenvalue weighted by Crippen LogP contribution is 2.45. The second-order valence-corrected chi connectivity index (χ2v) is 3.57. The molecule has 0 fully saturated rings. The Kier molecular flexibility index (Phi) is 5.18. The second-order valence-electron chi connectivity index (χ2n) is 3.57. The molecule has 0 N–H and O–H groups in total. The van der Waals surface area contributed by atoms with Crippen molar-refractivity contribution in [3.63, 3.8) is 0 Å². The first-order chi connectivity index (χ1) is 9.13. The number of carbonyl (C=O) groups is 1. The predicted octanol–water partition coefficient (Wildman–Crippen LogP) is 3.72. The van der Waals surface area contributed by atoms with E-state index in [0.29, 0.717) is 0 Å². The van der Waals surface area contributed by atoms with Gasteiger partial charge in [0.25, 0.3) is 6.01 Å². The Bertz CT molecular complexity index is 448. The Morgan fingerprint density at radius 1 is 1.05 bits per heavy atom. The number of halogens is 8. The van der Waals surface area contributed by atoms with Crippen molar-refractivity contribution < 1.29 is 49.4 Å². The zero-order chi connectivity index (χ0) is 17.3. The highest BCUT2D eigenvalue weighted by atomic mass is 19.3. The van der Waals surface area contributed by atoms with Gasteiger partial charge in [-0.2, -0.15) is 35.1 Å². The summed E-state index contributed by atoms with van der Waals surface area (Å²) in [6.07, 6.45) is -12.2. The summed E-state index contributed by atoms with van der Waals surface area (Å²) in [5.74, 6) is -13.2. The Morgan fingerprint density at radius 3 is 1.76 bits per heavy atom. The van der Waals surface area contributed by atoms with Crippen LogP contribution in [-0.4, -0.2) is 29.8 Å². The highest BCUT2D eigenvalue weighted by Gasteiger charge is 2.70. The average molecular weight is 328 g/mol. The summed E-state index contributed by atoms with van der Waals surface area (Å²) < 4.78 is 109. The number of hydrogen-bond donors (Lipinski definition) is 0. The fourth-order valence-corrected chi connectivity index (χ4v) is 0.884. The normalized spacial score (nSPS) is 16.0. The van der Waals surface area contributed by atoms with Gasteiger partial charge in [-0.05, 0) is 12.7 Å². The van der Waals surface area contributed by atoms with E-state index >= 15 is 0 Å². The third kappa shape index (κ3) is 3.71. The molecule has 0 aromatic heterocycles. The zero-order valence-corrected chi connectivity index (χ0v) is 10.2. The van der Waals surface area contributed by atoms with Crippen molar-refractivity contribution in [2.45, 2.75) is 30.9 Å². The summed E-state index contributed by atoms with van der Waals surface area (Å²) in [5.41, 5.74) is 0. The molecule has 0 aliphatic carbocycles. The van der Waals surface area contributed by atoms with Gasteiger partial charge in [-0.25, -0.2) is 0 Å². The molecule has 0 radical (unpaired) electrons. The lowest BCUT2D eigenvalue weighted by Gasteiger charge is -2.34. The van der Waals surface area contributed by atoms with Crippen molar-refractivity contribution in [1.29, 1.82) is 0 Å². The van der Waals surface area contributed by atoms with Crippen LogP contribution in [0.25, 0.3) is 0 Å². The van der Waals surface area contributed by atoms with Crippen LogP contribution in [0.5, 0.6) is 0 Å². The SMILES string of the molecule is C=CC(F)(OC(F)(F)C(F)(F)C(C)=O)C(F)(F)OC(=C)F. The van der Waals surface area contributed by atoms with Crippen LogP contribution in [-0.2, 0) is 14.3 Å². The first-order valence-corrected chi connectivity index (χ1v) is 4.83. The maximum Gasteiger partial charge on any atom is 0.465 e. The fourth-order valence-electron chi connectivity index (χ4n) is 0.884. The third-order valence-electron chi connectivity index (χ3n) is 1.98. The van der Waals surface area contributed by atoms with Gasteiger partial charge in [0.2, 0.25) is 5.78 Å². The van der Waals surface area contributed by atoms with Gasteiger partial charge in [0.15, 0.2) is 0 Å². The zero-order valence-electron chi connectivity index (χ0n) is 10.2. The molecule has 0 bridgehead atoms. The monoisotopic (exact) mass is 328 g/mol. The number of alkyl halides is 7. The van der Waals surface area contributed by atoms with Gasteiger partial charge in [0.05, 0.1) is 0 Å². The Labute approximate surface area is 112 Å². The van der Waals surface area contributed by atoms with Crippen molar-refractivity contribution in [3.8, 4) is 0 Å². The average Bonchev–Trinajstić information content (AvgIpc) is 2.25. The number of ketones is 1. The molecule has 3 nitrogen and oxygen atoms in total. The van der Waals surface area contributed by atoms with Crippen LogP contribution < -0.4 is 0 Å². The van der Waals surface area contributed by atoms with Crippen LogP contribution in [0.15, 0.2) is 25.2 Å². The Balaban J connectivity index is 5.64. The van der Waals surface area contributed by atoms with Gasteiger partial charge in [-0.3, -0.25) is 9.53 Å². The van der Waals surface area contributed by atoms with Gasteiger partial charge in [0, 0.05) is 6.92 Å². The third-order valence-corrected chi connectivity index (χ3v) is 1.98. The minimum Gasteiger partial charge on any atom is -0.402 e. The largest absolute Gasteiger partial charge is 0.465 e. The summed E-state index contributed by atoms with van der Waals surface area (Å²) >= 11 is 0. The summed E-state index contributed by atoms with van der Waals surface area (Å²) in [5, 5.41) is 0. The van der Waals surface area contributed by atoms with Gasteiger partial charge >= 0.3 is 24.0 Å². The molecule has 0 saturated carbocycles. The fraction of sp³-hybridized carbons (Fsp3) is 0.500. The Morgan fingerprint density at radius 2 is 1.48 bits per heavy atom. The lowest BCUT2D eigenvalue weighted by molar-refractivity contribution is -0.444. The van der Waals surface area contributed by atoms with E-state index in [1.165, 1.54) is 0 Å². The molecule has 0 aromatic carbocycles. The molecule has 0 aromatic rings. The van der Waals surface area contributed by atoms with E-state index in [4.69, 9.17) is 0 Å². The minimum absolute atomic E-state index is 0.0108. The smallest absolute Gasteiger partial charge is 0.402 e. The summed E-state index contributed by atoms with van der Waals surface area (Å²) in [6.45, 7) is 4.48. The molecule has 11 heteroatoms. The van der Waals surface area contributed by atoms with E-state index < -0.39 is 41.9 Å². The van der Waals surface area contributed by atoms with Gasteiger partial charge < -0.3 is 4.74 Å². The quantitative estimate of drug-likeness (QED) is 0.387. The number of Topliss-reactive ketones (excluding diaryl/α,β-unsaturated/α-hetero) is 1. The van der Waals surface area contributed by atoms with Crippen molar-refractivity contribution >= 4 is 5.78 Å². The Hall–Kier alpha value is -1.65. The molecular formula is C10H8F8O3. The summed E-state index contributed by atoms with van der Waals surface area (Å²) in [7, 11) is 0. The van der Waals surface area contributed by atoms with E-state index in [0.717, 1.165) is 0 Å². The van der Waals surface area contributed by atoms with Crippen LogP contribution in [0.2, 0.25) is 0 Å². The minimum atomic E-state index is -5.99. The molecule has 1 unspecified atom stereocenters. The van der Waals surface area contributed by atoms with Crippen LogP contribution in [0.4, 0.5) is 35.1 Å². The van der Waals surface area contributed by atoms with E-state index in [1.54, 1.807) is 0 Å². The molecule has 0 heterocycles. The van der Waals surface area contributed by atoms with Gasteiger partial charge in [-0.1, -0.05) is 6.58 Å². The van der Waals surface area contributed by atoms with E-state index in [9.17, 15) is 39.9 Å². The molecule has 21 heavy (non-hydrogen) atoms. The van der Waals surface area contributed by atoms with Crippen molar-refractivity contribution in [2.75, 3.05) is 0 Å². The van der Waals surface area contributed by atoms with Crippen LogP contribution in [0.1, 0.15) is 6.92 Å². The highest BCUT2D eigenvalue weighted by molar-refractivity contribution is 5.84. The number of ether oxygens (including phenoxy) is 2. The first kappa shape index (κ1) is 19.4. The molecule has 122 valence electrons. The standard InChI is InChI=1S/C10H8F8O3/c1-4-7(12,9(15,16)20-6(3)11)21-10(17,18)8(13,14)5(2)19/h4H,1,3H2,2H3. The maximum absolute atomic E-state index is 13.6. The molecule has 0 aliphatic heterocycles. The summed E-state index contributed by atoms with van der Waals surface area (Å²) in [6, 6.07) is -2.31. The number of carbonyl (C=O) groups excluding carboxylic acids is 1. The first-order valence-electron chi connectivity index (χ1n) is 4.83. The van der Waals surface area contributed by atoms with Crippen LogP contribution >= 0.6 is 0 Å².